The summed E-state index contributed by atoms with van der Waals surface area (Å²) >= 11 is 1.45. The van der Waals surface area contributed by atoms with E-state index in [0.717, 1.165) is 18.4 Å². The monoisotopic (exact) mass is 418 g/mol. The van der Waals surface area contributed by atoms with E-state index in [1.165, 1.54) is 18.4 Å². The molecule has 0 bridgehead atoms. The van der Waals surface area contributed by atoms with Crippen molar-refractivity contribution in [3.05, 3.63) is 35.0 Å². The lowest BCUT2D eigenvalue weighted by Crippen LogP contribution is -2.41. The first-order valence-electron chi connectivity index (χ1n) is 9.50. The van der Waals surface area contributed by atoms with Crippen molar-refractivity contribution in [2.45, 2.75) is 45.1 Å². The Hall–Kier alpha value is -2.68. The number of hydrogen-bond acceptors (Lipinski definition) is 8. The summed E-state index contributed by atoms with van der Waals surface area (Å²) in [5.41, 5.74) is 0.729. The number of ether oxygens (including phenoxy) is 2. The first-order valence-corrected chi connectivity index (χ1v) is 10.4. The number of amides is 1. The Labute approximate surface area is 174 Å². The zero-order chi connectivity index (χ0) is 21.0. The number of carbonyl (C=O) groups is 2. The van der Waals surface area contributed by atoms with Crippen LogP contribution in [-0.4, -0.2) is 52.7 Å². The second-order valence-corrected chi connectivity index (χ2v) is 8.76. The molecule has 9 heteroatoms. The number of likely N-dealkylation sites (tertiary alicyclic amines) is 1. The van der Waals surface area contributed by atoms with Gasteiger partial charge < -0.3 is 19.7 Å². The molecule has 0 atom stereocenters. The van der Waals surface area contributed by atoms with E-state index in [-0.39, 0.29) is 17.7 Å². The van der Waals surface area contributed by atoms with Crippen LogP contribution in [0.15, 0.2) is 23.7 Å². The zero-order valence-electron chi connectivity index (χ0n) is 17.1. The van der Waals surface area contributed by atoms with Crippen LogP contribution < -0.4 is 5.32 Å². The minimum Gasteiger partial charge on any atom is -0.464 e. The third kappa shape index (κ3) is 5.66. The topological polar surface area (TPSA) is 93.7 Å². The maximum Gasteiger partial charge on any atom is 0.410 e. The number of anilines is 2. The molecule has 1 aliphatic rings. The lowest BCUT2D eigenvalue weighted by atomic mass is 9.89. The van der Waals surface area contributed by atoms with Crippen LogP contribution in [0, 0.1) is 0 Å². The number of nitrogens with one attached hydrogen (secondary N) is 1. The van der Waals surface area contributed by atoms with Gasteiger partial charge in [-0.05, 0) is 57.2 Å². The molecule has 3 rings (SSSR count). The maximum atomic E-state index is 12.3. The Balaban J connectivity index is 1.74. The summed E-state index contributed by atoms with van der Waals surface area (Å²) in [6.07, 6.45) is 2.97. The Kier molecular flexibility index (Phi) is 6.36. The van der Waals surface area contributed by atoms with E-state index >= 15 is 0 Å². The SMILES string of the molecule is COC(=O)c1cc(C2CCN(C(=O)OC(C)(C)C)CC2)cc(Nc2nccs2)n1. The average Bonchev–Trinajstić information content (AvgIpc) is 3.19. The smallest absolute Gasteiger partial charge is 0.410 e. The molecule has 156 valence electrons. The van der Waals surface area contributed by atoms with Crippen molar-refractivity contribution in [3.8, 4) is 0 Å². The van der Waals surface area contributed by atoms with Gasteiger partial charge in [0.2, 0.25) is 0 Å². The fourth-order valence-corrected chi connectivity index (χ4v) is 3.71. The summed E-state index contributed by atoms with van der Waals surface area (Å²) in [6.45, 7) is 6.79. The number of carbonyl (C=O) groups excluding carboxylic acids is 2. The zero-order valence-corrected chi connectivity index (χ0v) is 17.9. The van der Waals surface area contributed by atoms with Crippen LogP contribution in [0.25, 0.3) is 0 Å². The number of nitrogens with zero attached hydrogens (tertiary/aromatic N) is 3. The van der Waals surface area contributed by atoms with Crippen molar-refractivity contribution < 1.29 is 19.1 Å². The van der Waals surface area contributed by atoms with Crippen LogP contribution in [0.3, 0.4) is 0 Å². The van der Waals surface area contributed by atoms with Gasteiger partial charge in [-0.1, -0.05) is 0 Å². The minimum absolute atomic E-state index is 0.205. The van der Waals surface area contributed by atoms with Gasteiger partial charge in [0.05, 0.1) is 7.11 Å². The summed E-state index contributed by atoms with van der Waals surface area (Å²) in [5, 5.41) is 5.70. The van der Waals surface area contributed by atoms with Gasteiger partial charge >= 0.3 is 12.1 Å². The van der Waals surface area contributed by atoms with Crippen LogP contribution in [-0.2, 0) is 9.47 Å². The third-order valence-electron chi connectivity index (χ3n) is 4.53. The highest BCUT2D eigenvalue weighted by molar-refractivity contribution is 7.13. The summed E-state index contributed by atoms with van der Waals surface area (Å²) in [5.74, 6) is 0.268. The summed E-state index contributed by atoms with van der Waals surface area (Å²) in [4.78, 5) is 34.7. The van der Waals surface area contributed by atoms with Gasteiger partial charge in [0, 0.05) is 24.7 Å². The molecule has 0 aliphatic carbocycles. The molecular formula is C20H26N4O4S. The van der Waals surface area contributed by atoms with E-state index in [4.69, 9.17) is 9.47 Å². The number of esters is 1. The van der Waals surface area contributed by atoms with Crippen molar-refractivity contribution in [3.63, 3.8) is 0 Å². The van der Waals surface area contributed by atoms with Crippen molar-refractivity contribution >= 4 is 34.3 Å². The Bertz CT molecular complexity index is 856. The molecule has 1 saturated heterocycles. The van der Waals surface area contributed by atoms with Gasteiger partial charge in [-0.15, -0.1) is 11.3 Å². The van der Waals surface area contributed by atoms with E-state index in [1.54, 1.807) is 17.2 Å². The Morgan fingerprint density at radius 1 is 1.24 bits per heavy atom. The molecule has 8 nitrogen and oxygen atoms in total. The molecule has 0 radical (unpaired) electrons. The minimum atomic E-state index is -0.509. The van der Waals surface area contributed by atoms with Crippen LogP contribution in [0.1, 0.15) is 55.6 Å². The normalized spacial score (nSPS) is 15.1. The highest BCUT2D eigenvalue weighted by atomic mass is 32.1. The second kappa shape index (κ2) is 8.77. The molecule has 0 saturated carbocycles. The first-order chi connectivity index (χ1) is 13.7. The standard InChI is InChI=1S/C20H26N4O4S/c1-20(2,3)28-19(26)24-8-5-13(6-9-24)14-11-15(17(25)27-4)22-16(12-14)23-18-21-7-10-29-18/h7,10-13H,5-6,8-9H2,1-4H3,(H,21,22,23). The van der Waals surface area contributed by atoms with Gasteiger partial charge in [0.15, 0.2) is 10.8 Å². The second-order valence-electron chi connectivity index (χ2n) is 7.87. The molecule has 0 spiro atoms. The molecule has 0 aromatic carbocycles. The third-order valence-corrected chi connectivity index (χ3v) is 5.22. The van der Waals surface area contributed by atoms with E-state index < -0.39 is 11.6 Å². The summed E-state index contributed by atoms with van der Waals surface area (Å²) < 4.78 is 10.3. The molecule has 2 aromatic rings. The van der Waals surface area contributed by atoms with E-state index in [9.17, 15) is 9.59 Å². The predicted molar refractivity (Wildman–Crippen MR) is 111 cm³/mol. The highest BCUT2D eigenvalue weighted by Crippen LogP contribution is 2.31. The van der Waals surface area contributed by atoms with Crippen LogP contribution >= 0.6 is 11.3 Å². The molecule has 1 amide bonds. The largest absolute Gasteiger partial charge is 0.464 e. The Morgan fingerprint density at radius 3 is 2.55 bits per heavy atom. The predicted octanol–water partition coefficient (Wildman–Crippen LogP) is 4.18. The lowest BCUT2D eigenvalue weighted by molar-refractivity contribution is 0.0204. The van der Waals surface area contributed by atoms with Crippen molar-refractivity contribution in [2.75, 3.05) is 25.5 Å². The molecule has 3 heterocycles. The van der Waals surface area contributed by atoms with Crippen LogP contribution in [0.4, 0.5) is 15.7 Å². The number of hydrogen-bond donors (Lipinski definition) is 1. The Morgan fingerprint density at radius 2 is 1.97 bits per heavy atom. The molecule has 29 heavy (non-hydrogen) atoms. The highest BCUT2D eigenvalue weighted by Gasteiger charge is 2.28. The molecule has 0 unspecified atom stereocenters. The molecular weight excluding hydrogens is 392 g/mol. The van der Waals surface area contributed by atoms with E-state index in [1.807, 2.05) is 32.2 Å². The number of pyridine rings is 1. The van der Waals surface area contributed by atoms with E-state index in [2.05, 4.69) is 15.3 Å². The van der Waals surface area contributed by atoms with E-state index in [0.29, 0.717) is 24.0 Å². The summed E-state index contributed by atoms with van der Waals surface area (Å²) in [7, 11) is 1.34. The van der Waals surface area contributed by atoms with Crippen LogP contribution in [0.5, 0.6) is 0 Å². The number of thiazole rings is 1. The van der Waals surface area contributed by atoms with Crippen molar-refractivity contribution in [2.24, 2.45) is 0 Å². The maximum absolute atomic E-state index is 12.3. The van der Waals surface area contributed by atoms with Crippen molar-refractivity contribution in [1.82, 2.24) is 14.9 Å². The molecule has 2 aromatic heterocycles. The van der Waals surface area contributed by atoms with Gasteiger partial charge in [-0.25, -0.2) is 19.6 Å². The van der Waals surface area contributed by atoms with Gasteiger partial charge in [0.25, 0.3) is 0 Å². The molecule has 1 fully saturated rings. The van der Waals surface area contributed by atoms with Crippen molar-refractivity contribution in [1.29, 1.82) is 0 Å². The van der Waals surface area contributed by atoms with Gasteiger partial charge in [-0.2, -0.15) is 0 Å². The number of methoxy groups -OCH3 is 1. The molecule has 1 aliphatic heterocycles. The number of aromatic nitrogens is 2. The fourth-order valence-electron chi connectivity index (χ4n) is 3.18. The van der Waals surface area contributed by atoms with Gasteiger partial charge in [-0.3, -0.25) is 0 Å². The lowest BCUT2D eigenvalue weighted by Gasteiger charge is -2.33. The van der Waals surface area contributed by atoms with Gasteiger partial charge in [0.1, 0.15) is 11.4 Å². The number of rotatable bonds is 4. The fraction of sp³-hybridized carbons (Fsp3) is 0.500. The first kappa shape index (κ1) is 21.0. The molecule has 1 N–H and O–H groups in total. The number of piperidine rings is 1. The summed E-state index contributed by atoms with van der Waals surface area (Å²) in [6, 6.07) is 3.70. The average molecular weight is 419 g/mol. The van der Waals surface area contributed by atoms with Crippen LogP contribution in [0.2, 0.25) is 0 Å². The quantitative estimate of drug-likeness (QED) is 0.744.